The largest absolute Gasteiger partial charge is 0.509 e. The molecular weight excluding hydrogens is 1090 g/mol. The van der Waals surface area contributed by atoms with Gasteiger partial charge < -0.3 is 24.8 Å². The van der Waals surface area contributed by atoms with Gasteiger partial charge in [-0.1, -0.05) is 29.5 Å². The van der Waals surface area contributed by atoms with Gasteiger partial charge >= 0.3 is 5.97 Å². The van der Waals surface area contributed by atoms with E-state index in [1.54, 1.807) is 25.1 Å². The molecule has 0 amide bonds. The van der Waals surface area contributed by atoms with Crippen molar-refractivity contribution in [1.29, 1.82) is 0 Å². The Hall–Kier alpha value is -7.00. The smallest absolute Gasteiger partial charge is 0.336 e. The Balaban J connectivity index is 1.31. The number of thiazole rings is 1. The number of hydrogen-bond donors (Lipinski definition) is 4. The van der Waals surface area contributed by atoms with Gasteiger partial charge in [0.25, 0.3) is 40.5 Å². The van der Waals surface area contributed by atoms with Crippen LogP contribution >= 0.6 is 11.3 Å². The third-order valence-corrected chi connectivity index (χ3v) is 16.6. The van der Waals surface area contributed by atoms with E-state index in [2.05, 4.69) is 44.0 Å². The SMILES string of the molecule is COC(=O)C1=CC(c2ccc(S(=O)(=O)OC)cc2)=C(O)C1N=Nc1ccc2c(O)c(N=Nc3cc(C)c(N=Nc4nc5ccc(CO)cc5s4)cc3OCCCS(=O)(=O)OC)c(CS(=O)(=O)O)cc2c1S(=O)(=O)OC. The predicted molar refractivity (Wildman–Crippen MR) is 270 cm³/mol. The van der Waals surface area contributed by atoms with Crippen molar-refractivity contribution in [3.05, 3.63) is 112 Å². The lowest BCUT2D eigenvalue weighted by Crippen LogP contribution is -2.16. The van der Waals surface area contributed by atoms with Gasteiger partial charge in [0.1, 0.15) is 39.2 Å². The molecule has 1 aromatic heterocycles. The number of carbonyl (C=O) groups excluding carboxylic acids is 1. The zero-order chi connectivity index (χ0) is 54.6. The van der Waals surface area contributed by atoms with Gasteiger partial charge in [-0.3, -0.25) is 17.1 Å². The lowest BCUT2D eigenvalue weighted by Gasteiger charge is -2.15. The number of rotatable bonds is 21. The molecule has 75 heavy (non-hydrogen) atoms. The molecule has 0 spiro atoms. The number of benzene rings is 5. The van der Waals surface area contributed by atoms with Crippen molar-refractivity contribution in [1.82, 2.24) is 4.98 Å². The standard InChI is InChI=1S/C45H43N7O18S5/c1-24-17-36(37(70-15-6-16-73(60,61)67-3)21-35(24)48-52-45-46-33-13-7-25(22-53)18-38(33)71-45)49-50-39-27(23-72(57,58)59)19-31-29(41(39)54)12-14-34(43(31)75(64,65)69-5)47-51-40-32(44(56)66-2)20-30(42(40)55)26-8-10-28(11-9-26)74(62,63)68-4/h7-14,17-21,40,53-55H,6,15-16,22-23H2,1-5H3,(H,57,58,59). The van der Waals surface area contributed by atoms with Crippen molar-refractivity contribution in [2.75, 3.05) is 40.8 Å². The van der Waals surface area contributed by atoms with E-state index in [0.717, 1.165) is 51.3 Å². The second-order valence-electron chi connectivity index (χ2n) is 15.8. The van der Waals surface area contributed by atoms with Crippen LogP contribution in [-0.4, -0.2) is 111 Å². The van der Waals surface area contributed by atoms with Gasteiger partial charge in [-0.15, -0.1) is 20.5 Å². The molecule has 396 valence electrons. The van der Waals surface area contributed by atoms with E-state index in [4.69, 9.17) is 13.7 Å². The predicted octanol–water partition coefficient (Wildman–Crippen LogP) is 8.12. The lowest BCUT2D eigenvalue weighted by atomic mass is 10.0. The molecule has 6 aromatic rings. The molecule has 1 heterocycles. The number of aryl methyl sites for hydroxylation is 1. The van der Waals surface area contributed by atoms with Gasteiger partial charge in [-0.25, -0.2) is 9.78 Å². The number of phenolic OH excluding ortho intramolecular Hbond substituents is 1. The fourth-order valence-electron chi connectivity index (χ4n) is 7.32. The number of azo groups is 3. The van der Waals surface area contributed by atoms with Crippen molar-refractivity contribution in [3.63, 3.8) is 0 Å². The zero-order valence-electron chi connectivity index (χ0n) is 39.8. The highest BCUT2D eigenvalue weighted by molar-refractivity contribution is 7.87. The Morgan fingerprint density at radius 2 is 1.47 bits per heavy atom. The summed E-state index contributed by atoms with van der Waals surface area (Å²) in [7, 11) is -14.0. The topological polar surface area (TPSA) is 368 Å². The van der Waals surface area contributed by atoms with E-state index in [1.165, 1.54) is 53.8 Å². The highest BCUT2D eigenvalue weighted by Gasteiger charge is 2.35. The molecule has 1 atom stereocenters. The van der Waals surface area contributed by atoms with Crippen molar-refractivity contribution >= 4 is 112 Å². The Morgan fingerprint density at radius 3 is 2.12 bits per heavy atom. The maximum absolute atomic E-state index is 13.8. The van der Waals surface area contributed by atoms with Crippen LogP contribution in [0.2, 0.25) is 0 Å². The quantitative estimate of drug-likeness (QED) is 0.0174. The Kier molecular flexibility index (Phi) is 16.7. The minimum Gasteiger partial charge on any atom is -0.509 e. The first-order valence-electron chi connectivity index (χ1n) is 21.4. The van der Waals surface area contributed by atoms with E-state index in [0.29, 0.717) is 16.6 Å². The van der Waals surface area contributed by atoms with Crippen LogP contribution < -0.4 is 4.74 Å². The fourth-order valence-corrected chi connectivity index (χ4v) is 11.1. The summed E-state index contributed by atoms with van der Waals surface area (Å²) in [5, 5.41) is 57.5. The highest BCUT2D eigenvalue weighted by Crippen LogP contribution is 2.46. The van der Waals surface area contributed by atoms with Crippen LogP contribution in [0.25, 0.3) is 26.6 Å². The highest BCUT2D eigenvalue weighted by atomic mass is 32.2. The minimum absolute atomic E-state index is 0.00201. The number of ether oxygens (including phenoxy) is 2. The fraction of sp³-hybridized carbons (Fsp3) is 0.244. The van der Waals surface area contributed by atoms with Gasteiger partial charge in [0.05, 0.1) is 73.8 Å². The molecule has 0 aliphatic heterocycles. The Labute approximate surface area is 432 Å². The molecule has 4 N–H and O–H groups in total. The van der Waals surface area contributed by atoms with Gasteiger partial charge in [-0.05, 0) is 84.6 Å². The molecule has 0 saturated heterocycles. The van der Waals surface area contributed by atoms with Crippen LogP contribution in [0.1, 0.15) is 28.7 Å². The molecule has 25 nitrogen and oxygen atoms in total. The van der Waals surface area contributed by atoms with Crippen LogP contribution in [0.5, 0.6) is 11.5 Å². The summed E-state index contributed by atoms with van der Waals surface area (Å²) in [6.07, 6.45) is 1.15. The average molecular weight is 1130 g/mol. The molecule has 1 aliphatic carbocycles. The number of esters is 1. The molecule has 30 heteroatoms. The number of aliphatic hydroxyl groups is 2. The first-order chi connectivity index (χ1) is 35.4. The third kappa shape index (κ3) is 12.6. The average Bonchev–Trinajstić information content (AvgIpc) is 3.95. The first-order valence-corrected chi connectivity index (χ1v) is 28.3. The lowest BCUT2D eigenvalue weighted by molar-refractivity contribution is -0.136. The van der Waals surface area contributed by atoms with Gasteiger partial charge in [0.2, 0.25) is 5.13 Å². The van der Waals surface area contributed by atoms with Crippen LogP contribution in [0.15, 0.2) is 131 Å². The summed E-state index contributed by atoms with van der Waals surface area (Å²) in [6.45, 7) is 1.25. The summed E-state index contributed by atoms with van der Waals surface area (Å²) >= 11 is 1.21. The van der Waals surface area contributed by atoms with Gasteiger partial charge in [0, 0.05) is 28.0 Å². The van der Waals surface area contributed by atoms with Crippen molar-refractivity contribution in [2.24, 2.45) is 30.7 Å². The second-order valence-corrected chi connectivity index (χ2v) is 23.5. The molecule has 1 aliphatic rings. The molecule has 5 aromatic carbocycles. The second kappa shape index (κ2) is 22.5. The number of carbonyl (C=O) groups is 1. The van der Waals surface area contributed by atoms with Crippen molar-refractivity contribution in [3.8, 4) is 11.5 Å². The maximum atomic E-state index is 13.8. The van der Waals surface area contributed by atoms with Gasteiger partial charge in [-0.2, -0.15) is 43.9 Å². The van der Waals surface area contributed by atoms with Gasteiger partial charge in [0.15, 0.2) is 11.8 Å². The monoisotopic (exact) mass is 1130 g/mol. The number of aromatic nitrogens is 1. The van der Waals surface area contributed by atoms with Crippen LogP contribution in [0, 0.1) is 6.92 Å². The zero-order valence-corrected chi connectivity index (χ0v) is 43.9. The molecule has 0 bridgehead atoms. The maximum Gasteiger partial charge on any atom is 0.336 e. The summed E-state index contributed by atoms with van der Waals surface area (Å²) in [6, 6.07) is 14.7. The molecule has 0 fully saturated rings. The normalized spacial score (nSPS) is 14.8. The number of fused-ring (bicyclic) bond motifs is 2. The summed E-state index contributed by atoms with van der Waals surface area (Å²) in [4.78, 5) is 16.4. The Morgan fingerprint density at radius 1 is 0.760 bits per heavy atom. The molecule has 7 rings (SSSR count). The summed E-state index contributed by atoms with van der Waals surface area (Å²) in [5.74, 6) is -4.12. The minimum atomic E-state index is -4.98. The number of methoxy groups -OCH3 is 1. The summed E-state index contributed by atoms with van der Waals surface area (Å²) < 4.78 is 137. The van der Waals surface area contributed by atoms with Crippen molar-refractivity contribution in [2.45, 2.75) is 41.5 Å². The Bertz CT molecular complexity index is 3880. The molecule has 0 saturated carbocycles. The number of aromatic hydroxyl groups is 1. The van der Waals surface area contributed by atoms with E-state index in [9.17, 15) is 58.3 Å². The number of hydrogen-bond acceptors (Lipinski definition) is 25. The van der Waals surface area contributed by atoms with E-state index >= 15 is 0 Å². The van der Waals surface area contributed by atoms with Crippen molar-refractivity contribution < 1.29 is 80.4 Å². The molecule has 1 unspecified atom stereocenters. The number of nitrogens with zero attached hydrogens (tertiary/aromatic N) is 7. The molecule has 0 radical (unpaired) electrons. The van der Waals surface area contributed by atoms with Crippen LogP contribution in [0.3, 0.4) is 0 Å². The number of phenols is 1. The van der Waals surface area contributed by atoms with E-state index in [-0.39, 0.29) is 68.9 Å². The number of aliphatic hydroxyl groups excluding tert-OH is 2. The number of allylic oxidation sites excluding steroid dienone is 2. The van der Waals surface area contributed by atoms with Crippen LogP contribution in [-0.2, 0) is 74.9 Å². The van der Waals surface area contributed by atoms with E-state index in [1.807, 2.05) is 0 Å². The first kappa shape index (κ1) is 55.7. The van der Waals surface area contributed by atoms with Crippen LogP contribution in [0.4, 0.5) is 27.9 Å². The summed E-state index contributed by atoms with van der Waals surface area (Å²) in [5.41, 5.74) is 0.289. The molecular formula is C45H43N7O18S5. The third-order valence-electron chi connectivity index (χ3n) is 11.0. The van der Waals surface area contributed by atoms with E-state index < -0.39 is 103 Å².